The van der Waals surface area contributed by atoms with Gasteiger partial charge in [-0.3, -0.25) is 0 Å². The molecule has 2 N–H and O–H groups in total. The van der Waals surface area contributed by atoms with E-state index in [1.54, 1.807) is 6.20 Å². The standard InChI is InChI=1S/C18H18ClN5O/c1-3-25-15-7-5-14(6-8-15)21-17-11-20-24-18(23-17)22-16-9-4-13(19)10-12(16)2/h4-11H,3H2,1-2H3,(H2,21,22,23,24). The maximum Gasteiger partial charge on any atom is 0.249 e. The summed E-state index contributed by atoms with van der Waals surface area (Å²) in [4.78, 5) is 4.43. The van der Waals surface area contributed by atoms with Gasteiger partial charge in [0, 0.05) is 16.4 Å². The lowest BCUT2D eigenvalue weighted by atomic mass is 10.2. The molecule has 128 valence electrons. The summed E-state index contributed by atoms with van der Waals surface area (Å²) < 4.78 is 5.43. The molecule has 0 aliphatic rings. The number of hydrogen-bond acceptors (Lipinski definition) is 6. The first-order valence-corrected chi connectivity index (χ1v) is 8.24. The van der Waals surface area contributed by atoms with Crippen molar-refractivity contribution in [1.29, 1.82) is 0 Å². The number of benzene rings is 2. The van der Waals surface area contributed by atoms with Crippen molar-refractivity contribution in [1.82, 2.24) is 15.2 Å². The normalized spacial score (nSPS) is 10.4. The van der Waals surface area contributed by atoms with Gasteiger partial charge in [-0.25, -0.2) is 0 Å². The van der Waals surface area contributed by atoms with Crippen LogP contribution in [0.1, 0.15) is 12.5 Å². The van der Waals surface area contributed by atoms with Gasteiger partial charge in [0.1, 0.15) is 5.75 Å². The van der Waals surface area contributed by atoms with E-state index in [0.29, 0.717) is 23.4 Å². The van der Waals surface area contributed by atoms with Gasteiger partial charge in [-0.05, 0) is 61.9 Å². The highest BCUT2D eigenvalue weighted by atomic mass is 35.5. The predicted octanol–water partition coefficient (Wildman–Crippen LogP) is 4.72. The zero-order chi connectivity index (χ0) is 17.6. The van der Waals surface area contributed by atoms with Gasteiger partial charge >= 0.3 is 0 Å². The molecule has 0 atom stereocenters. The Kier molecular flexibility index (Phi) is 5.30. The second kappa shape index (κ2) is 7.81. The molecule has 25 heavy (non-hydrogen) atoms. The molecule has 1 aromatic heterocycles. The van der Waals surface area contributed by atoms with Crippen LogP contribution in [0.4, 0.5) is 23.1 Å². The molecule has 3 rings (SSSR count). The van der Waals surface area contributed by atoms with Gasteiger partial charge in [-0.15, -0.1) is 5.10 Å². The van der Waals surface area contributed by atoms with E-state index in [1.165, 1.54) is 0 Å². The Morgan fingerprint density at radius 2 is 1.88 bits per heavy atom. The van der Waals surface area contributed by atoms with Crippen molar-refractivity contribution in [2.24, 2.45) is 0 Å². The maximum atomic E-state index is 5.98. The van der Waals surface area contributed by atoms with Crippen LogP contribution in [-0.2, 0) is 0 Å². The minimum absolute atomic E-state index is 0.404. The number of aryl methyl sites for hydroxylation is 1. The van der Waals surface area contributed by atoms with Gasteiger partial charge in [0.15, 0.2) is 5.82 Å². The number of anilines is 4. The number of rotatable bonds is 6. The summed E-state index contributed by atoms with van der Waals surface area (Å²) in [5, 5.41) is 15.0. The minimum Gasteiger partial charge on any atom is -0.494 e. The molecule has 2 aromatic carbocycles. The van der Waals surface area contributed by atoms with Crippen LogP contribution in [0.3, 0.4) is 0 Å². The summed E-state index contributed by atoms with van der Waals surface area (Å²) in [6.07, 6.45) is 1.57. The molecule has 0 saturated heterocycles. The first kappa shape index (κ1) is 17.0. The van der Waals surface area contributed by atoms with Crippen LogP contribution in [0.5, 0.6) is 5.75 Å². The zero-order valence-electron chi connectivity index (χ0n) is 14.0. The summed E-state index contributed by atoms with van der Waals surface area (Å²) in [7, 11) is 0. The number of ether oxygens (including phenoxy) is 1. The van der Waals surface area contributed by atoms with E-state index in [1.807, 2.05) is 56.3 Å². The Balaban J connectivity index is 1.72. The van der Waals surface area contributed by atoms with Crippen molar-refractivity contribution in [2.75, 3.05) is 17.2 Å². The number of aromatic nitrogens is 3. The Hall–Kier alpha value is -2.86. The Labute approximate surface area is 151 Å². The fourth-order valence-electron chi connectivity index (χ4n) is 2.25. The predicted molar refractivity (Wildman–Crippen MR) is 100 cm³/mol. The molecule has 0 bridgehead atoms. The second-order valence-electron chi connectivity index (χ2n) is 5.33. The van der Waals surface area contributed by atoms with E-state index >= 15 is 0 Å². The van der Waals surface area contributed by atoms with Gasteiger partial charge in [0.25, 0.3) is 0 Å². The largest absolute Gasteiger partial charge is 0.494 e. The molecule has 6 nitrogen and oxygen atoms in total. The van der Waals surface area contributed by atoms with Gasteiger partial charge in [0.2, 0.25) is 5.95 Å². The molecule has 0 spiro atoms. The number of nitrogens with zero attached hydrogens (tertiary/aromatic N) is 3. The highest BCUT2D eigenvalue weighted by Gasteiger charge is 2.05. The topological polar surface area (TPSA) is 72.0 Å². The molecule has 3 aromatic rings. The van der Waals surface area contributed by atoms with Gasteiger partial charge < -0.3 is 15.4 Å². The van der Waals surface area contributed by atoms with Crippen LogP contribution in [0.2, 0.25) is 5.02 Å². The minimum atomic E-state index is 0.404. The van der Waals surface area contributed by atoms with E-state index in [-0.39, 0.29) is 0 Å². The highest BCUT2D eigenvalue weighted by Crippen LogP contribution is 2.23. The highest BCUT2D eigenvalue weighted by molar-refractivity contribution is 6.30. The average molecular weight is 356 g/mol. The van der Waals surface area contributed by atoms with E-state index in [0.717, 1.165) is 22.7 Å². The third-order valence-corrected chi connectivity index (χ3v) is 3.67. The fraction of sp³-hybridized carbons (Fsp3) is 0.167. The van der Waals surface area contributed by atoms with E-state index in [2.05, 4.69) is 25.8 Å². The molecule has 0 unspecified atom stereocenters. The molecule has 1 heterocycles. The first-order valence-electron chi connectivity index (χ1n) is 7.87. The summed E-state index contributed by atoms with van der Waals surface area (Å²) >= 11 is 5.98. The Morgan fingerprint density at radius 3 is 2.60 bits per heavy atom. The van der Waals surface area contributed by atoms with Crippen molar-refractivity contribution in [2.45, 2.75) is 13.8 Å². The quantitative estimate of drug-likeness (QED) is 0.666. The molecule has 0 aliphatic heterocycles. The lowest BCUT2D eigenvalue weighted by Gasteiger charge is -2.10. The monoisotopic (exact) mass is 355 g/mol. The molecule has 7 heteroatoms. The van der Waals surface area contributed by atoms with Crippen LogP contribution < -0.4 is 15.4 Å². The SMILES string of the molecule is CCOc1ccc(Nc2cnnc(Nc3ccc(Cl)cc3C)n2)cc1. The molecular weight excluding hydrogens is 338 g/mol. The van der Waals surface area contributed by atoms with Crippen molar-refractivity contribution in [3.8, 4) is 5.75 Å². The average Bonchev–Trinajstić information content (AvgIpc) is 2.60. The molecule has 0 saturated carbocycles. The molecule has 0 radical (unpaired) electrons. The first-order chi connectivity index (χ1) is 12.1. The van der Waals surface area contributed by atoms with Gasteiger partial charge in [0.05, 0.1) is 12.8 Å². The van der Waals surface area contributed by atoms with E-state index < -0.39 is 0 Å². The Bertz CT molecular complexity index is 854. The van der Waals surface area contributed by atoms with Crippen LogP contribution >= 0.6 is 11.6 Å². The molecule has 0 amide bonds. The zero-order valence-corrected chi connectivity index (χ0v) is 14.7. The number of halogens is 1. The van der Waals surface area contributed by atoms with Crippen molar-refractivity contribution in [3.05, 3.63) is 59.2 Å². The summed E-state index contributed by atoms with van der Waals surface area (Å²) in [6.45, 7) is 4.56. The van der Waals surface area contributed by atoms with E-state index in [9.17, 15) is 0 Å². The Morgan fingerprint density at radius 1 is 1.08 bits per heavy atom. The smallest absolute Gasteiger partial charge is 0.249 e. The number of nitrogens with one attached hydrogen (secondary N) is 2. The molecular formula is C18H18ClN5O. The molecule has 0 fully saturated rings. The summed E-state index contributed by atoms with van der Waals surface area (Å²) in [6, 6.07) is 13.2. The van der Waals surface area contributed by atoms with Crippen molar-refractivity contribution < 1.29 is 4.74 Å². The fourth-order valence-corrected chi connectivity index (χ4v) is 2.48. The van der Waals surface area contributed by atoms with Gasteiger partial charge in [-0.1, -0.05) is 11.6 Å². The van der Waals surface area contributed by atoms with Crippen molar-refractivity contribution in [3.63, 3.8) is 0 Å². The number of hydrogen-bond donors (Lipinski definition) is 2. The summed E-state index contributed by atoms with van der Waals surface area (Å²) in [5.41, 5.74) is 2.77. The third-order valence-electron chi connectivity index (χ3n) is 3.43. The lowest BCUT2D eigenvalue weighted by Crippen LogP contribution is -2.03. The maximum absolute atomic E-state index is 5.98. The van der Waals surface area contributed by atoms with Gasteiger partial charge in [-0.2, -0.15) is 10.1 Å². The van der Waals surface area contributed by atoms with E-state index in [4.69, 9.17) is 16.3 Å². The lowest BCUT2D eigenvalue weighted by molar-refractivity contribution is 0.340. The second-order valence-corrected chi connectivity index (χ2v) is 5.77. The summed E-state index contributed by atoms with van der Waals surface area (Å²) in [5.74, 6) is 1.82. The molecule has 0 aliphatic carbocycles. The van der Waals surface area contributed by atoms with Crippen LogP contribution in [0.15, 0.2) is 48.7 Å². The van der Waals surface area contributed by atoms with Crippen LogP contribution in [0, 0.1) is 6.92 Å². The van der Waals surface area contributed by atoms with Crippen LogP contribution in [-0.4, -0.2) is 21.8 Å². The van der Waals surface area contributed by atoms with Crippen molar-refractivity contribution >= 4 is 34.7 Å². The van der Waals surface area contributed by atoms with Crippen LogP contribution in [0.25, 0.3) is 0 Å². The third kappa shape index (κ3) is 4.58.